The van der Waals surface area contributed by atoms with Gasteiger partial charge in [0.2, 0.25) is 5.78 Å². The number of ketones is 1. The monoisotopic (exact) mass is 778 g/mol. The second-order valence-corrected chi connectivity index (χ2v) is 16.5. The fraction of sp³-hybridized carbons (Fsp3) is 0.300. The first kappa shape index (κ1) is 39.0. The molecule has 5 atom stereocenters. The van der Waals surface area contributed by atoms with Crippen LogP contribution in [0.2, 0.25) is 0 Å². The number of thiophene rings is 1. The highest BCUT2D eigenvalue weighted by molar-refractivity contribution is 7.14. The van der Waals surface area contributed by atoms with E-state index in [1.54, 1.807) is 0 Å². The molecule has 2 saturated carbocycles. The molecule has 1 heterocycles. The number of aryl methyl sites for hydroxylation is 1. The van der Waals surface area contributed by atoms with Crippen LogP contribution in [0.25, 0.3) is 0 Å². The lowest BCUT2D eigenvalue weighted by atomic mass is 9.80. The van der Waals surface area contributed by atoms with Crippen LogP contribution in [0.15, 0.2) is 152 Å². The van der Waals surface area contributed by atoms with Crippen LogP contribution in [0.4, 0.5) is 0 Å². The Morgan fingerprint density at radius 2 is 1.09 bits per heavy atom. The summed E-state index contributed by atoms with van der Waals surface area (Å²) in [6, 6.07) is 50.9. The van der Waals surface area contributed by atoms with E-state index in [4.69, 9.17) is 23.7 Å². The summed E-state index contributed by atoms with van der Waals surface area (Å²) in [4.78, 5) is 15.8. The third kappa shape index (κ3) is 10.4. The van der Waals surface area contributed by atoms with Crippen molar-refractivity contribution < 1.29 is 28.5 Å². The van der Waals surface area contributed by atoms with Gasteiger partial charge in [-0.3, -0.25) is 4.79 Å². The Morgan fingerprint density at radius 1 is 0.596 bits per heavy atom. The quantitative estimate of drug-likeness (QED) is 0.0810. The van der Waals surface area contributed by atoms with Gasteiger partial charge in [0, 0.05) is 16.4 Å². The number of carbonyl (C=O) groups excluding carboxylic acids is 1. The Kier molecular flexibility index (Phi) is 13.0. The predicted molar refractivity (Wildman–Crippen MR) is 225 cm³/mol. The van der Waals surface area contributed by atoms with Gasteiger partial charge in [0.1, 0.15) is 28.9 Å². The average molecular weight is 779 g/mol. The smallest absolute Gasteiger partial charge is 0.206 e. The molecule has 1 aromatic heterocycles. The average Bonchev–Trinajstić information content (AvgIpc) is 4.05. The maximum Gasteiger partial charge on any atom is 0.206 e. The lowest BCUT2D eigenvalue weighted by Crippen LogP contribution is -2.59. The Balaban J connectivity index is 1.13. The van der Waals surface area contributed by atoms with Gasteiger partial charge in [-0.05, 0) is 66.0 Å². The van der Waals surface area contributed by atoms with Crippen LogP contribution in [-0.2, 0) is 45.4 Å². The van der Waals surface area contributed by atoms with E-state index in [2.05, 4.69) is 60.7 Å². The van der Waals surface area contributed by atoms with Gasteiger partial charge in [0.05, 0.1) is 39.1 Å². The van der Waals surface area contributed by atoms with Crippen LogP contribution in [0, 0.1) is 12.8 Å². The van der Waals surface area contributed by atoms with Gasteiger partial charge in [-0.2, -0.15) is 0 Å². The zero-order chi connectivity index (χ0) is 38.8. The molecule has 0 spiro atoms. The first-order valence-electron chi connectivity index (χ1n) is 20.1. The summed E-state index contributed by atoms with van der Waals surface area (Å²) in [6.45, 7) is 4.05. The molecule has 5 unspecified atom stereocenters. The minimum atomic E-state index is -0.541. The molecule has 292 valence electrons. The normalized spacial score (nSPS) is 20.6. The van der Waals surface area contributed by atoms with Gasteiger partial charge in [0.25, 0.3) is 0 Å². The molecule has 2 fully saturated rings. The van der Waals surface area contributed by atoms with Crippen molar-refractivity contribution in [2.24, 2.45) is 5.92 Å². The molecule has 0 radical (unpaired) electrons. The maximum absolute atomic E-state index is 14.2. The topological polar surface area (TPSA) is 63.2 Å². The third-order valence-electron chi connectivity index (χ3n) is 10.8. The molecule has 0 aliphatic heterocycles. The van der Waals surface area contributed by atoms with Crippen molar-refractivity contribution in [1.29, 1.82) is 0 Å². The fourth-order valence-corrected chi connectivity index (χ4v) is 8.60. The Hall–Kier alpha value is -4.89. The van der Waals surface area contributed by atoms with Crippen LogP contribution in [0.1, 0.15) is 73.1 Å². The molecule has 57 heavy (non-hydrogen) atoms. The SMILES string of the molecule is Cc1cc(OC2CC(COCc3ccccc3)C(OCc3ccccc3)C(OCc3ccccc3)C2OCc2ccccc2)c(C(=O)c2ccc(C3CC3)cc2)s1. The second-order valence-electron chi connectivity index (χ2n) is 15.2. The minimum absolute atomic E-state index is 0.0355. The van der Waals surface area contributed by atoms with E-state index in [0.29, 0.717) is 61.6 Å². The first-order valence-corrected chi connectivity index (χ1v) is 20.9. The summed E-state index contributed by atoms with van der Waals surface area (Å²) in [5.74, 6) is 1.04. The van der Waals surface area contributed by atoms with Crippen LogP contribution in [0.5, 0.6) is 5.75 Å². The first-order chi connectivity index (χ1) is 28.1. The number of benzene rings is 5. The van der Waals surface area contributed by atoms with E-state index in [1.165, 1.54) is 29.7 Å². The lowest BCUT2D eigenvalue weighted by molar-refractivity contribution is -0.220. The molecule has 5 aromatic carbocycles. The number of hydrogen-bond acceptors (Lipinski definition) is 7. The summed E-state index contributed by atoms with van der Waals surface area (Å²) in [7, 11) is 0. The van der Waals surface area contributed by atoms with E-state index in [1.807, 2.05) is 97.9 Å². The molecule has 8 rings (SSSR count). The van der Waals surface area contributed by atoms with Gasteiger partial charge >= 0.3 is 0 Å². The van der Waals surface area contributed by atoms with Gasteiger partial charge < -0.3 is 23.7 Å². The standard InChI is InChI=1S/C50H50O6S/c1-35-28-45(50(57-35)46(51)42-26-24-41(25-27-42)40-22-23-40)56-44-29-43(34-52-30-36-14-6-2-7-15-36)47(53-31-37-16-8-3-9-17-37)49(55-33-39-20-12-5-13-21-39)48(44)54-32-38-18-10-4-11-19-38/h2-21,24-28,40,43-44,47-49H,22-23,29-34H2,1H3. The molecule has 0 bridgehead atoms. The molecule has 6 aromatic rings. The largest absolute Gasteiger partial charge is 0.486 e. The highest BCUT2D eigenvalue weighted by atomic mass is 32.1. The number of ether oxygens (including phenoxy) is 5. The van der Waals surface area contributed by atoms with E-state index in [0.717, 1.165) is 27.1 Å². The van der Waals surface area contributed by atoms with Gasteiger partial charge in [-0.25, -0.2) is 0 Å². The predicted octanol–water partition coefficient (Wildman–Crippen LogP) is 10.9. The van der Waals surface area contributed by atoms with Crippen molar-refractivity contribution in [2.75, 3.05) is 6.61 Å². The summed E-state index contributed by atoms with van der Waals surface area (Å²) in [5, 5.41) is 0. The van der Waals surface area contributed by atoms with Crippen LogP contribution < -0.4 is 4.74 Å². The van der Waals surface area contributed by atoms with E-state index in [-0.39, 0.29) is 17.8 Å². The molecular weight excluding hydrogens is 729 g/mol. The molecule has 0 amide bonds. The van der Waals surface area contributed by atoms with Crippen LogP contribution in [-0.4, -0.2) is 36.8 Å². The molecular formula is C50H50O6S. The van der Waals surface area contributed by atoms with Crippen molar-refractivity contribution >= 4 is 17.1 Å². The molecule has 2 aliphatic rings. The summed E-state index contributed by atoms with van der Waals surface area (Å²) in [5.41, 5.74) is 6.24. The molecule has 0 saturated heterocycles. The van der Waals surface area contributed by atoms with Gasteiger partial charge in [0.15, 0.2) is 0 Å². The van der Waals surface area contributed by atoms with E-state index < -0.39 is 18.3 Å². The van der Waals surface area contributed by atoms with Gasteiger partial charge in [-0.15, -0.1) is 11.3 Å². The maximum atomic E-state index is 14.2. The summed E-state index contributed by atoms with van der Waals surface area (Å²) >= 11 is 1.47. The van der Waals surface area contributed by atoms with Crippen LogP contribution in [0.3, 0.4) is 0 Å². The zero-order valence-corrected chi connectivity index (χ0v) is 33.2. The van der Waals surface area contributed by atoms with E-state index in [9.17, 15) is 4.79 Å². The number of carbonyl (C=O) groups is 1. The van der Waals surface area contributed by atoms with Crippen molar-refractivity contribution in [3.05, 3.63) is 195 Å². The Bertz CT molecular complexity index is 2130. The number of rotatable bonds is 18. The number of hydrogen-bond donors (Lipinski definition) is 0. The minimum Gasteiger partial charge on any atom is -0.486 e. The molecule has 0 N–H and O–H groups in total. The molecule has 2 aliphatic carbocycles. The highest BCUT2D eigenvalue weighted by Crippen LogP contribution is 2.41. The molecule has 7 heteroatoms. The molecule has 6 nitrogen and oxygen atoms in total. The highest BCUT2D eigenvalue weighted by Gasteiger charge is 2.49. The van der Waals surface area contributed by atoms with E-state index >= 15 is 0 Å². The van der Waals surface area contributed by atoms with Crippen LogP contribution >= 0.6 is 11.3 Å². The van der Waals surface area contributed by atoms with Crippen molar-refractivity contribution in [3.8, 4) is 5.75 Å². The van der Waals surface area contributed by atoms with Crippen molar-refractivity contribution in [3.63, 3.8) is 0 Å². The Morgan fingerprint density at radius 3 is 1.61 bits per heavy atom. The third-order valence-corrected chi connectivity index (χ3v) is 11.9. The lowest BCUT2D eigenvalue weighted by Gasteiger charge is -2.46. The fourth-order valence-electron chi connectivity index (χ4n) is 7.69. The van der Waals surface area contributed by atoms with Crippen molar-refractivity contribution in [2.45, 2.75) is 82.9 Å². The second kappa shape index (κ2) is 19.0. The zero-order valence-electron chi connectivity index (χ0n) is 32.4. The van der Waals surface area contributed by atoms with Crippen molar-refractivity contribution in [1.82, 2.24) is 0 Å². The summed E-state index contributed by atoms with van der Waals surface area (Å²) < 4.78 is 34.4. The van der Waals surface area contributed by atoms with Gasteiger partial charge in [-0.1, -0.05) is 146 Å². The summed E-state index contributed by atoms with van der Waals surface area (Å²) in [6.07, 6.45) is 1.07. The Labute approximate surface area is 340 Å².